The van der Waals surface area contributed by atoms with Crippen LogP contribution in [0.15, 0.2) is 18.2 Å². The molecule has 1 fully saturated rings. The second-order valence-electron chi connectivity index (χ2n) is 4.82. The maximum Gasteiger partial charge on any atom is 0.161 e. The Kier molecular flexibility index (Phi) is 4.18. The van der Waals surface area contributed by atoms with Gasteiger partial charge in [0.25, 0.3) is 0 Å². The van der Waals surface area contributed by atoms with Crippen LogP contribution in [0.4, 0.5) is 5.69 Å². The summed E-state index contributed by atoms with van der Waals surface area (Å²) in [5, 5.41) is 9.03. The molecule has 0 heterocycles. The van der Waals surface area contributed by atoms with E-state index in [0.717, 1.165) is 25.1 Å². The third-order valence-corrected chi connectivity index (χ3v) is 3.34. The van der Waals surface area contributed by atoms with Gasteiger partial charge in [-0.3, -0.25) is 4.79 Å². The minimum Gasteiger partial charge on any atom is -0.383 e. The zero-order valence-electron chi connectivity index (χ0n) is 11.3. The van der Waals surface area contributed by atoms with Gasteiger partial charge in [-0.05, 0) is 38.0 Å². The lowest BCUT2D eigenvalue weighted by atomic mass is 10.1. The first-order chi connectivity index (χ1) is 9.17. The van der Waals surface area contributed by atoms with E-state index in [9.17, 15) is 4.79 Å². The van der Waals surface area contributed by atoms with E-state index in [1.807, 2.05) is 6.07 Å². The second kappa shape index (κ2) is 5.85. The first kappa shape index (κ1) is 13.6. The van der Waals surface area contributed by atoms with Crippen molar-refractivity contribution < 1.29 is 9.53 Å². The van der Waals surface area contributed by atoms with Crippen LogP contribution in [0, 0.1) is 11.3 Å². The van der Waals surface area contributed by atoms with Crippen LogP contribution in [0.25, 0.3) is 0 Å². The normalized spacial score (nSPS) is 13.9. The lowest BCUT2D eigenvalue weighted by molar-refractivity contribution is 0.101. The summed E-state index contributed by atoms with van der Waals surface area (Å²) < 4.78 is 5.14. The summed E-state index contributed by atoms with van der Waals surface area (Å²) >= 11 is 0. The first-order valence-corrected chi connectivity index (χ1v) is 6.48. The molecule has 0 aromatic heterocycles. The number of hydrogen-bond acceptors (Lipinski definition) is 4. The van der Waals surface area contributed by atoms with Gasteiger partial charge in [-0.2, -0.15) is 5.26 Å². The molecule has 0 N–H and O–H groups in total. The summed E-state index contributed by atoms with van der Waals surface area (Å²) in [7, 11) is 1.67. The summed E-state index contributed by atoms with van der Waals surface area (Å²) in [4.78, 5) is 13.9. The van der Waals surface area contributed by atoms with Crippen molar-refractivity contribution in [3.05, 3.63) is 29.3 Å². The Labute approximate surface area is 113 Å². The zero-order valence-corrected chi connectivity index (χ0v) is 11.3. The molecule has 0 spiro atoms. The number of ether oxygens (including phenoxy) is 1. The average Bonchev–Trinajstić information content (AvgIpc) is 3.23. The van der Waals surface area contributed by atoms with Crippen LogP contribution < -0.4 is 4.90 Å². The number of anilines is 1. The number of ketones is 1. The molecule has 0 unspecified atom stereocenters. The molecule has 1 aliphatic carbocycles. The average molecular weight is 258 g/mol. The van der Waals surface area contributed by atoms with Gasteiger partial charge in [0.2, 0.25) is 0 Å². The second-order valence-corrected chi connectivity index (χ2v) is 4.82. The number of methoxy groups -OCH3 is 1. The lowest BCUT2D eigenvalue weighted by Gasteiger charge is -2.26. The SMILES string of the molecule is COCCN(c1cc(C#N)ccc1C(C)=O)C1CC1. The van der Waals surface area contributed by atoms with E-state index in [-0.39, 0.29) is 5.78 Å². The largest absolute Gasteiger partial charge is 0.383 e. The molecule has 4 heteroatoms. The number of carbonyl (C=O) groups is 1. The number of rotatable bonds is 6. The fraction of sp³-hybridized carbons (Fsp3) is 0.467. The molecule has 1 aromatic rings. The van der Waals surface area contributed by atoms with E-state index in [1.54, 1.807) is 26.2 Å². The highest BCUT2D eigenvalue weighted by Crippen LogP contribution is 2.34. The molecule has 1 aliphatic rings. The van der Waals surface area contributed by atoms with Gasteiger partial charge in [-0.15, -0.1) is 0 Å². The Hall–Kier alpha value is -1.86. The Morgan fingerprint density at radius 1 is 1.53 bits per heavy atom. The molecular formula is C15H18N2O2. The van der Waals surface area contributed by atoms with Crippen molar-refractivity contribution >= 4 is 11.5 Å². The summed E-state index contributed by atoms with van der Waals surface area (Å²) in [6.45, 7) is 2.92. The fourth-order valence-electron chi connectivity index (χ4n) is 2.21. The molecule has 0 radical (unpaired) electrons. The van der Waals surface area contributed by atoms with E-state index >= 15 is 0 Å². The van der Waals surface area contributed by atoms with Crippen LogP contribution in [-0.4, -0.2) is 32.1 Å². The standard InChI is InChI=1S/C15H18N2O2/c1-11(18)14-6-3-12(10-16)9-15(14)17(7-8-19-2)13-4-5-13/h3,6,9,13H,4-5,7-8H2,1-2H3. The van der Waals surface area contributed by atoms with Gasteiger partial charge in [-0.25, -0.2) is 0 Å². The number of benzene rings is 1. The van der Waals surface area contributed by atoms with E-state index in [2.05, 4.69) is 11.0 Å². The topological polar surface area (TPSA) is 53.3 Å². The van der Waals surface area contributed by atoms with E-state index < -0.39 is 0 Å². The van der Waals surface area contributed by atoms with Gasteiger partial charge < -0.3 is 9.64 Å². The van der Waals surface area contributed by atoms with E-state index in [4.69, 9.17) is 10.00 Å². The van der Waals surface area contributed by atoms with Crippen LogP contribution in [-0.2, 0) is 4.74 Å². The number of nitrogens with zero attached hydrogens (tertiary/aromatic N) is 2. The lowest BCUT2D eigenvalue weighted by Crippen LogP contribution is -2.30. The highest BCUT2D eigenvalue weighted by molar-refractivity contribution is 6.00. The Balaban J connectivity index is 2.38. The molecule has 2 rings (SSSR count). The van der Waals surface area contributed by atoms with Gasteiger partial charge in [0.15, 0.2) is 5.78 Å². The van der Waals surface area contributed by atoms with Gasteiger partial charge in [0.05, 0.1) is 18.2 Å². The Bertz CT molecular complexity index is 515. The van der Waals surface area contributed by atoms with Gasteiger partial charge in [0.1, 0.15) is 0 Å². The Morgan fingerprint density at radius 2 is 2.26 bits per heavy atom. The quantitative estimate of drug-likeness (QED) is 0.735. The molecule has 100 valence electrons. The van der Waals surface area contributed by atoms with Crippen molar-refractivity contribution in [1.29, 1.82) is 5.26 Å². The molecule has 1 saturated carbocycles. The molecule has 1 aromatic carbocycles. The van der Waals surface area contributed by atoms with Crippen LogP contribution >= 0.6 is 0 Å². The summed E-state index contributed by atoms with van der Waals surface area (Å²) in [6, 6.07) is 7.86. The molecule has 0 saturated heterocycles. The van der Waals surface area contributed by atoms with E-state index in [1.165, 1.54) is 0 Å². The fourth-order valence-corrected chi connectivity index (χ4v) is 2.21. The highest BCUT2D eigenvalue weighted by Gasteiger charge is 2.30. The predicted molar refractivity (Wildman–Crippen MR) is 73.4 cm³/mol. The van der Waals surface area contributed by atoms with Crippen LogP contribution in [0.5, 0.6) is 0 Å². The Morgan fingerprint density at radius 3 is 2.79 bits per heavy atom. The van der Waals surface area contributed by atoms with Crippen molar-refractivity contribution in [3.63, 3.8) is 0 Å². The predicted octanol–water partition coefficient (Wildman–Crippen LogP) is 2.38. The van der Waals surface area contributed by atoms with Crippen LogP contribution in [0.3, 0.4) is 0 Å². The van der Waals surface area contributed by atoms with Crippen molar-refractivity contribution in [2.24, 2.45) is 0 Å². The van der Waals surface area contributed by atoms with Crippen molar-refractivity contribution in [2.75, 3.05) is 25.2 Å². The maximum absolute atomic E-state index is 11.7. The smallest absolute Gasteiger partial charge is 0.161 e. The molecule has 19 heavy (non-hydrogen) atoms. The monoisotopic (exact) mass is 258 g/mol. The van der Waals surface area contributed by atoms with Crippen LogP contribution in [0.2, 0.25) is 0 Å². The molecule has 4 nitrogen and oxygen atoms in total. The van der Waals surface area contributed by atoms with Gasteiger partial charge in [0, 0.05) is 30.9 Å². The van der Waals surface area contributed by atoms with Crippen LogP contribution in [0.1, 0.15) is 35.7 Å². The highest BCUT2D eigenvalue weighted by atomic mass is 16.5. The van der Waals surface area contributed by atoms with Crippen molar-refractivity contribution in [3.8, 4) is 6.07 Å². The summed E-state index contributed by atoms with van der Waals surface area (Å²) in [5.41, 5.74) is 2.14. The number of carbonyl (C=O) groups excluding carboxylic acids is 1. The number of Topliss-reactive ketones (excluding diaryl/α,β-unsaturated/α-hetero) is 1. The molecule has 0 atom stereocenters. The first-order valence-electron chi connectivity index (χ1n) is 6.48. The third-order valence-electron chi connectivity index (χ3n) is 3.34. The minimum absolute atomic E-state index is 0.0301. The van der Waals surface area contributed by atoms with Crippen molar-refractivity contribution in [1.82, 2.24) is 0 Å². The van der Waals surface area contributed by atoms with Gasteiger partial charge in [-0.1, -0.05) is 0 Å². The maximum atomic E-state index is 11.7. The number of hydrogen-bond donors (Lipinski definition) is 0. The summed E-state index contributed by atoms with van der Waals surface area (Å²) in [6.07, 6.45) is 2.27. The molecule has 0 aliphatic heterocycles. The van der Waals surface area contributed by atoms with E-state index in [0.29, 0.717) is 23.8 Å². The molecule has 0 amide bonds. The minimum atomic E-state index is 0.0301. The summed E-state index contributed by atoms with van der Waals surface area (Å²) in [5.74, 6) is 0.0301. The number of nitriles is 1. The van der Waals surface area contributed by atoms with Gasteiger partial charge >= 0.3 is 0 Å². The zero-order chi connectivity index (χ0) is 13.8. The molecule has 0 bridgehead atoms. The van der Waals surface area contributed by atoms with Crippen molar-refractivity contribution in [2.45, 2.75) is 25.8 Å². The molecular weight excluding hydrogens is 240 g/mol. The third kappa shape index (κ3) is 3.12.